The Morgan fingerprint density at radius 3 is 2.45 bits per heavy atom. The SMILES string of the molecule is COc1cc(C(=O)N(C)c2ccc(O)cc2)ccc1N. The molecule has 1 amide bonds. The predicted octanol–water partition coefficient (Wildman–Crippen LogP) is 2.26. The van der Waals surface area contributed by atoms with Crippen molar-refractivity contribution < 1.29 is 14.6 Å². The summed E-state index contributed by atoms with van der Waals surface area (Å²) in [7, 11) is 3.17. The number of carbonyl (C=O) groups is 1. The summed E-state index contributed by atoms with van der Waals surface area (Å²) in [5.41, 5.74) is 7.37. The summed E-state index contributed by atoms with van der Waals surface area (Å²) in [6.45, 7) is 0. The molecule has 0 radical (unpaired) electrons. The second-order valence-corrected chi connectivity index (χ2v) is 4.34. The number of carbonyl (C=O) groups excluding carboxylic acids is 1. The van der Waals surface area contributed by atoms with Gasteiger partial charge in [0.25, 0.3) is 5.91 Å². The molecule has 104 valence electrons. The average molecular weight is 272 g/mol. The van der Waals surface area contributed by atoms with Crippen LogP contribution in [0.25, 0.3) is 0 Å². The van der Waals surface area contributed by atoms with Gasteiger partial charge in [0.2, 0.25) is 0 Å². The molecule has 2 aromatic rings. The lowest BCUT2D eigenvalue weighted by Crippen LogP contribution is -2.26. The first-order chi connectivity index (χ1) is 9.52. The zero-order valence-corrected chi connectivity index (χ0v) is 11.3. The lowest BCUT2D eigenvalue weighted by Gasteiger charge is -2.18. The number of rotatable bonds is 3. The fourth-order valence-corrected chi connectivity index (χ4v) is 1.83. The molecule has 0 saturated heterocycles. The monoisotopic (exact) mass is 272 g/mol. The number of ether oxygens (including phenoxy) is 1. The van der Waals surface area contributed by atoms with Gasteiger partial charge in [0.1, 0.15) is 11.5 Å². The molecular weight excluding hydrogens is 256 g/mol. The van der Waals surface area contributed by atoms with Crippen LogP contribution >= 0.6 is 0 Å². The van der Waals surface area contributed by atoms with E-state index in [9.17, 15) is 9.90 Å². The number of amides is 1. The van der Waals surface area contributed by atoms with Crippen molar-refractivity contribution >= 4 is 17.3 Å². The van der Waals surface area contributed by atoms with Crippen LogP contribution in [-0.4, -0.2) is 25.2 Å². The van der Waals surface area contributed by atoms with Gasteiger partial charge in [-0.05, 0) is 42.5 Å². The highest BCUT2D eigenvalue weighted by atomic mass is 16.5. The van der Waals surface area contributed by atoms with E-state index in [0.29, 0.717) is 22.7 Å². The van der Waals surface area contributed by atoms with Gasteiger partial charge in [0, 0.05) is 18.3 Å². The van der Waals surface area contributed by atoms with Gasteiger partial charge in [-0.2, -0.15) is 0 Å². The number of nitrogens with two attached hydrogens (primary N) is 1. The molecule has 2 rings (SSSR count). The number of methoxy groups -OCH3 is 1. The number of anilines is 2. The molecule has 2 aromatic carbocycles. The summed E-state index contributed by atoms with van der Waals surface area (Å²) in [6, 6.07) is 11.3. The largest absolute Gasteiger partial charge is 0.508 e. The third-order valence-electron chi connectivity index (χ3n) is 3.02. The van der Waals surface area contributed by atoms with Crippen molar-refractivity contribution in [1.29, 1.82) is 0 Å². The molecule has 20 heavy (non-hydrogen) atoms. The van der Waals surface area contributed by atoms with E-state index in [1.807, 2.05) is 0 Å². The highest BCUT2D eigenvalue weighted by Gasteiger charge is 2.15. The van der Waals surface area contributed by atoms with E-state index in [4.69, 9.17) is 10.5 Å². The summed E-state index contributed by atoms with van der Waals surface area (Å²) < 4.78 is 5.11. The number of nitrogen functional groups attached to an aromatic ring is 1. The quantitative estimate of drug-likeness (QED) is 0.840. The van der Waals surface area contributed by atoms with Crippen LogP contribution in [0, 0.1) is 0 Å². The van der Waals surface area contributed by atoms with Crippen molar-refractivity contribution in [3.8, 4) is 11.5 Å². The van der Waals surface area contributed by atoms with E-state index in [1.165, 1.54) is 24.1 Å². The number of hydrogen-bond acceptors (Lipinski definition) is 4. The standard InChI is InChI=1S/C15H16N2O3/c1-17(11-4-6-12(18)7-5-11)15(19)10-3-8-13(16)14(9-10)20-2/h3-9,18H,16H2,1-2H3. The minimum Gasteiger partial charge on any atom is -0.508 e. The third kappa shape index (κ3) is 2.66. The lowest BCUT2D eigenvalue weighted by molar-refractivity contribution is 0.0992. The third-order valence-corrected chi connectivity index (χ3v) is 3.02. The van der Waals surface area contributed by atoms with Crippen LogP contribution in [0.4, 0.5) is 11.4 Å². The second kappa shape index (κ2) is 5.52. The number of phenols is 1. The van der Waals surface area contributed by atoms with E-state index in [-0.39, 0.29) is 11.7 Å². The summed E-state index contributed by atoms with van der Waals surface area (Å²) in [5.74, 6) is 0.438. The molecule has 0 unspecified atom stereocenters. The molecule has 5 heteroatoms. The van der Waals surface area contributed by atoms with Crippen LogP contribution in [0.1, 0.15) is 10.4 Å². The van der Waals surface area contributed by atoms with Crippen molar-refractivity contribution in [3.05, 3.63) is 48.0 Å². The Bertz CT molecular complexity index is 624. The van der Waals surface area contributed by atoms with Gasteiger partial charge < -0.3 is 20.5 Å². The maximum atomic E-state index is 12.4. The minimum absolute atomic E-state index is 0.156. The van der Waals surface area contributed by atoms with Crippen LogP contribution in [0.5, 0.6) is 11.5 Å². The minimum atomic E-state index is -0.186. The van der Waals surface area contributed by atoms with Crippen LogP contribution < -0.4 is 15.4 Å². The van der Waals surface area contributed by atoms with Gasteiger partial charge in [0.15, 0.2) is 0 Å². The molecule has 5 nitrogen and oxygen atoms in total. The number of aromatic hydroxyl groups is 1. The fraction of sp³-hybridized carbons (Fsp3) is 0.133. The van der Waals surface area contributed by atoms with Crippen molar-refractivity contribution in [2.24, 2.45) is 0 Å². The topological polar surface area (TPSA) is 75.8 Å². The molecule has 3 N–H and O–H groups in total. The maximum absolute atomic E-state index is 12.4. The Morgan fingerprint density at radius 1 is 1.20 bits per heavy atom. The van der Waals surface area contributed by atoms with E-state index in [1.54, 1.807) is 37.4 Å². The fourth-order valence-electron chi connectivity index (χ4n) is 1.83. The van der Waals surface area contributed by atoms with Crippen LogP contribution in [0.2, 0.25) is 0 Å². The molecule has 0 heterocycles. The smallest absolute Gasteiger partial charge is 0.258 e. The van der Waals surface area contributed by atoms with Crippen molar-refractivity contribution in [2.75, 3.05) is 24.8 Å². The Kier molecular flexibility index (Phi) is 3.79. The van der Waals surface area contributed by atoms with E-state index in [2.05, 4.69) is 0 Å². The molecule has 0 aromatic heterocycles. The number of phenolic OH excluding ortho intramolecular Hbond substituents is 1. The maximum Gasteiger partial charge on any atom is 0.258 e. The predicted molar refractivity (Wildman–Crippen MR) is 78.2 cm³/mol. The lowest BCUT2D eigenvalue weighted by atomic mass is 10.1. The molecular formula is C15H16N2O3. The number of nitrogens with zero attached hydrogens (tertiary/aromatic N) is 1. The average Bonchev–Trinajstić information content (AvgIpc) is 2.47. The van der Waals surface area contributed by atoms with Crippen LogP contribution in [-0.2, 0) is 0 Å². The first-order valence-corrected chi connectivity index (χ1v) is 6.03. The zero-order valence-electron chi connectivity index (χ0n) is 11.3. The van der Waals surface area contributed by atoms with Crippen LogP contribution in [0.15, 0.2) is 42.5 Å². The normalized spacial score (nSPS) is 10.1. The van der Waals surface area contributed by atoms with Gasteiger partial charge in [-0.3, -0.25) is 4.79 Å². The Balaban J connectivity index is 2.28. The zero-order chi connectivity index (χ0) is 14.7. The molecule has 0 aliphatic carbocycles. The van der Waals surface area contributed by atoms with Gasteiger partial charge >= 0.3 is 0 Å². The van der Waals surface area contributed by atoms with E-state index >= 15 is 0 Å². The van der Waals surface area contributed by atoms with Crippen molar-refractivity contribution in [2.45, 2.75) is 0 Å². The molecule has 0 aliphatic rings. The van der Waals surface area contributed by atoms with Gasteiger partial charge in [-0.25, -0.2) is 0 Å². The van der Waals surface area contributed by atoms with Gasteiger partial charge in [-0.1, -0.05) is 0 Å². The van der Waals surface area contributed by atoms with E-state index < -0.39 is 0 Å². The summed E-state index contributed by atoms with van der Waals surface area (Å²) in [4.78, 5) is 13.9. The summed E-state index contributed by atoms with van der Waals surface area (Å²) in [5, 5.41) is 9.26. The van der Waals surface area contributed by atoms with Gasteiger partial charge in [-0.15, -0.1) is 0 Å². The molecule has 0 fully saturated rings. The van der Waals surface area contributed by atoms with Crippen LogP contribution in [0.3, 0.4) is 0 Å². The molecule has 0 atom stereocenters. The summed E-state index contributed by atoms with van der Waals surface area (Å²) in [6.07, 6.45) is 0. The number of benzene rings is 2. The first-order valence-electron chi connectivity index (χ1n) is 6.03. The molecule has 0 aliphatic heterocycles. The Hall–Kier alpha value is -2.69. The molecule has 0 spiro atoms. The molecule has 0 saturated carbocycles. The van der Waals surface area contributed by atoms with E-state index in [0.717, 1.165) is 0 Å². The highest BCUT2D eigenvalue weighted by molar-refractivity contribution is 6.06. The highest BCUT2D eigenvalue weighted by Crippen LogP contribution is 2.24. The first kappa shape index (κ1) is 13.7. The number of hydrogen-bond donors (Lipinski definition) is 2. The summed E-state index contributed by atoms with van der Waals surface area (Å²) >= 11 is 0. The molecule has 0 bridgehead atoms. The second-order valence-electron chi connectivity index (χ2n) is 4.34. The van der Waals surface area contributed by atoms with Crippen molar-refractivity contribution in [3.63, 3.8) is 0 Å². The Labute approximate surface area is 117 Å². The van der Waals surface area contributed by atoms with Gasteiger partial charge in [0.05, 0.1) is 12.8 Å². The van der Waals surface area contributed by atoms with Crippen molar-refractivity contribution in [1.82, 2.24) is 0 Å². The Morgan fingerprint density at radius 2 is 1.85 bits per heavy atom.